The van der Waals surface area contributed by atoms with Gasteiger partial charge in [-0.2, -0.15) is 4.98 Å². The summed E-state index contributed by atoms with van der Waals surface area (Å²) in [7, 11) is 0. The Bertz CT molecular complexity index is 699. The quantitative estimate of drug-likeness (QED) is 0.679. The summed E-state index contributed by atoms with van der Waals surface area (Å²) in [6.45, 7) is 5.46. The number of aryl methyl sites for hydroxylation is 1. The van der Waals surface area contributed by atoms with Gasteiger partial charge in [-0.1, -0.05) is 5.16 Å². The molecule has 0 saturated carbocycles. The number of hydrogen-bond acceptors (Lipinski definition) is 6. The number of halogens is 1. The Kier molecular flexibility index (Phi) is 8.54. The summed E-state index contributed by atoms with van der Waals surface area (Å²) >= 11 is 0. The molecule has 2 heterocycles. The van der Waals surface area contributed by atoms with Crippen LogP contribution in [0.4, 0.5) is 0 Å². The molecule has 1 fully saturated rings. The second-order valence-electron chi connectivity index (χ2n) is 6.47. The second-order valence-corrected chi connectivity index (χ2v) is 6.47. The van der Waals surface area contributed by atoms with Gasteiger partial charge in [0.15, 0.2) is 0 Å². The summed E-state index contributed by atoms with van der Waals surface area (Å²) in [6.07, 6.45) is 3.03. The summed E-state index contributed by atoms with van der Waals surface area (Å²) in [4.78, 5) is 16.3. The predicted molar refractivity (Wildman–Crippen MR) is 105 cm³/mol. The van der Waals surface area contributed by atoms with Crippen molar-refractivity contribution in [3.63, 3.8) is 0 Å². The van der Waals surface area contributed by atoms with Crippen molar-refractivity contribution in [1.82, 2.24) is 20.8 Å². The van der Waals surface area contributed by atoms with Crippen LogP contribution in [0.1, 0.15) is 32.1 Å². The zero-order valence-electron chi connectivity index (χ0n) is 15.6. The zero-order chi connectivity index (χ0) is 18.2. The van der Waals surface area contributed by atoms with Gasteiger partial charge in [0.05, 0.1) is 6.61 Å². The van der Waals surface area contributed by atoms with E-state index in [0.29, 0.717) is 37.1 Å². The van der Waals surface area contributed by atoms with E-state index in [1.807, 2.05) is 31.2 Å². The van der Waals surface area contributed by atoms with E-state index in [4.69, 9.17) is 9.26 Å². The molecule has 0 bridgehead atoms. The van der Waals surface area contributed by atoms with Crippen molar-refractivity contribution in [3.05, 3.63) is 30.2 Å². The molecular weight excluding hydrogens is 368 g/mol. The van der Waals surface area contributed by atoms with Crippen LogP contribution in [0.25, 0.3) is 11.4 Å². The van der Waals surface area contributed by atoms with Gasteiger partial charge >= 0.3 is 0 Å². The van der Waals surface area contributed by atoms with Crippen LogP contribution in [-0.4, -0.2) is 42.3 Å². The van der Waals surface area contributed by atoms with E-state index < -0.39 is 0 Å². The molecule has 1 saturated heterocycles. The van der Waals surface area contributed by atoms with Crippen molar-refractivity contribution in [2.24, 2.45) is 5.92 Å². The molecule has 27 heavy (non-hydrogen) atoms. The van der Waals surface area contributed by atoms with Gasteiger partial charge in [0.1, 0.15) is 5.75 Å². The van der Waals surface area contributed by atoms with E-state index >= 15 is 0 Å². The van der Waals surface area contributed by atoms with Crippen LogP contribution in [0.5, 0.6) is 5.75 Å². The van der Waals surface area contributed by atoms with E-state index in [1.165, 1.54) is 6.42 Å². The third-order valence-electron chi connectivity index (χ3n) is 4.49. The van der Waals surface area contributed by atoms with E-state index in [0.717, 1.165) is 37.4 Å². The van der Waals surface area contributed by atoms with Gasteiger partial charge < -0.3 is 19.9 Å². The fraction of sp³-hybridized carbons (Fsp3) is 0.526. The van der Waals surface area contributed by atoms with Crippen molar-refractivity contribution in [2.75, 3.05) is 26.2 Å². The Morgan fingerprint density at radius 3 is 2.89 bits per heavy atom. The van der Waals surface area contributed by atoms with Gasteiger partial charge in [0.25, 0.3) is 0 Å². The average Bonchev–Trinajstić information content (AvgIpc) is 3.33. The number of aromatic nitrogens is 2. The minimum atomic E-state index is 0. The standard InChI is InChI=1S/C19H26N4O3.ClH/c1-2-25-16-5-3-15(4-6-16)19-22-18(26-23-19)8-7-17(24)21-12-10-14-9-11-20-13-14;/h3-6,14,20H,2,7-13H2,1H3,(H,21,24);1H. The van der Waals surface area contributed by atoms with E-state index in [1.54, 1.807) is 0 Å². The van der Waals surface area contributed by atoms with Gasteiger partial charge in [-0.3, -0.25) is 4.79 Å². The van der Waals surface area contributed by atoms with E-state index in [2.05, 4.69) is 20.8 Å². The number of hydrogen-bond donors (Lipinski definition) is 2. The highest BCUT2D eigenvalue weighted by molar-refractivity contribution is 5.85. The Labute approximate surface area is 165 Å². The Morgan fingerprint density at radius 2 is 2.19 bits per heavy atom. The molecular formula is C19H27ClN4O3. The fourth-order valence-electron chi connectivity index (χ4n) is 3.03. The summed E-state index contributed by atoms with van der Waals surface area (Å²) in [5.41, 5.74) is 0.859. The van der Waals surface area contributed by atoms with Crippen LogP contribution >= 0.6 is 12.4 Å². The lowest BCUT2D eigenvalue weighted by molar-refractivity contribution is -0.121. The maximum atomic E-state index is 11.9. The van der Waals surface area contributed by atoms with Gasteiger partial charge in [0.2, 0.25) is 17.6 Å². The highest BCUT2D eigenvalue weighted by Crippen LogP contribution is 2.20. The highest BCUT2D eigenvalue weighted by atomic mass is 35.5. The number of ether oxygens (including phenoxy) is 1. The van der Waals surface area contributed by atoms with Crippen molar-refractivity contribution in [3.8, 4) is 17.1 Å². The van der Waals surface area contributed by atoms with Crippen LogP contribution in [0, 0.1) is 5.92 Å². The molecule has 1 amide bonds. The molecule has 0 spiro atoms. The Hall–Kier alpha value is -2.12. The molecule has 1 aromatic heterocycles. The maximum Gasteiger partial charge on any atom is 0.227 e. The third-order valence-corrected chi connectivity index (χ3v) is 4.49. The summed E-state index contributed by atoms with van der Waals surface area (Å²) in [5.74, 6) is 2.52. The summed E-state index contributed by atoms with van der Waals surface area (Å²) < 4.78 is 10.7. The second kappa shape index (κ2) is 10.9. The van der Waals surface area contributed by atoms with Gasteiger partial charge in [0, 0.05) is 24.9 Å². The molecule has 7 nitrogen and oxygen atoms in total. The maximum absolute atomic E-state index is 11.9. The first-order chi connectivity index (χ1) is 12.7. The SMILES string of the molecule is CCOc1ccc(-c2noc(CCC(=O)NCCC3CCNC3)n2)cc1.Cl. The summed E-state index contributed by atoms with van der Waals surface area (Å²) in [6, 6.07) is 7.54. The monoisotopic (exact) mass is 394 g/mol. The van der Waals surface area contributed by atoms with Crippen LogP contribution in [0.3, 0.4) is 0 Å². The number of nitrogens with one attached hydrogen (secondary N) is 2. The van der Waals surface area contributed by atoms with Crippen molar-refractivity contribution in [2.45, 2.75) is 32.6 Å². The number of rotatable bonds is 9. The molecule has 1 atom stereocenters. The van der Waals surface area contributed by atoms with Crippen LogP contribution in [0.15, 0.2) is 28.8 Å². The van der Waals surface area contributed by atoms with Crippen molar-refractivity contribution >= 4 is 18.3 Å². The number of amides is 1. The van der Waals surface area contributed by atoms with Crippen molar-refractivity contribution in [1.29, 1.82) is 0 Å². The Balaban J connectivity index is 0.00000261. The molecule has 0 radical (unpaired) electrons. The predicted octanol–water partition coefficient (Wildman–Crippen LogP) is 2.61. The molecule has 148 valence electrons. The smallest absolute Gasteiger partial charge is 0.227 e. The number of benzene rings is 1. The Morgan fingerprint density at radius 1 is 1.37 bits per heavy atom. The number of nitrogens with zero attached hydrogens (tertiary/aromatic N) is 2. The molecule has 2 aromatic rings. The van der Waals surface area contributed by atoms with Crippen LogP contribution in [0.2, 0.25) is 0 Å². The first kappa shape index (κ1) is 21.2. The zero-order valence-corrected chi connectivity index (χ0v) is 16.4. The molecule has 1 aromatic carbocycles. The lowest BCUT2D eigenvalue weighted by Gasteiger charge is -2.08. The molecule has 2 N–H and O–H groups in total. The largest absolute Gasteiger partial charge is 0.494 e. The molecule has 0 aliphatic carbocycles. The number of carbonyl (C=O) groups excluding carboxylic acids is 1. The average molecular weight is 395 g/mol. The van der Waals surface area contributed by atoms with E-state index in [-0.39, 0.29) is 18.3 Å². The van der Waals surface area contributed by atoms with Crippen LogP contribution in [-0.2, 0) is 11.2 Å². The minimum Gasteiger partial charge on any atom is -0.494 e. The lowest BCUT2D eigenvalue weighted by atomic mass is 10.1. The fourth-order valence-corrected chi connectivity index (χ4v) is 3.03. The van der Waals surface area contributed by atoms with Crippen molar-refractivity contribution < 1.29 is 14.1 Å². The topological polar surface area (TPSA) is 89.3 Å². The first-order valence-corrected chi connectivity index (χ1v) is 9.28. The van der Waals surface area contributed by atoms with Crippen LogP contribution < -0.4 is 15.4 Å². The van der Waals surface area contributed by atoms with Gasteiger partial charge in [-0.05, 0) is 63.0 Å². The normalized spacial score (nSPS) is 16.0. The van der Waals surface area contributed by atoms with Gasteiger partial charge in [-0.25, -0.2) is 0 Å². The molecule has 1 aliphatic heterocycles. The molecule has 1 aliphatic rings. The summed E-state index contributed by atoms with van der Waals surface area (Å²) in [5, 5.41) is 10.3. The molecule has 3 rings (SSSR count). The van der Waals surface area contributed by atoms with E-state index in [9.17, 15) is 4.79 Å². The first-order valence-electron chi connectivity index (χ1n) is 9.28. The lowest BCUT2D eigenvalue weighted by Crippen LogP contribution is -2.26. The molecule has 1 unspecified atom stereocenters. The van der Waals surface area contributed by atoms with Gasteiger partial charge in [-0.15, -0.1) is 12.4 Å². The third kappa shape index (κ3) is 6.52. The minimum absolute atomic E-state index is 0. The number of carbonyl (C=O) groups is 1. The highest BCUT2D eigenvalue weighted by Gasteiger charge is 2.15. The molecule has 8 heteroatoms.